The highest BCUT2D eigenvalue weighted by Gasteiger charge is 2.24. The van der Waals surface area contributed by atoms with Gasteiger partial charge in [0.2, 0.25) is 0 Å². The second kappa shape index (κ2) is 5.34. The maximum absolute atomic E-state index is 12.6. The van der Waals surface area contributed by atoms with Crippen LogP contribution in [-0.2, 0) is 10.0 Å². The summed E-state index contributed by atoms with van der Waals surface area (Å²) in [5.74, 6) is 0. The first-order valence-electron chi connectivity index (χ1n) is 5.93. The first kappa shape index (κ1) is 14.7. The molecule has 106 valence electrons. The summed E-state index contributed by atoms with van der Waals surface area (Å²) < 4.78 is 26.4. The number of halogens is 1. The largest absolute Gasteiger partial charge is 0.398 e. The lowest BCUT2D eigenvalue weighted by Crippen LogP contribution is -2.26. The molecule has 0 spiro atoms. The average Bonchev–Trinajstić information content (AvgIpc) is 2.42. The molecule has 2 rings (SSSR count). The molecule has 2 aromatic rings. The van der Waals surface area contributed by atoms with E-state index in [4.69, 9.17) is 17.3 Å². The number of anilines is 2. The lowest BCUT2D eigenvalue weighted by Gasteiger charge is -2.20. The van der Waals surface area contributed by atoms with Crippen molar-refractivity contribution in [3.63, 3.8) is 0 Å². The molecule has 0 bridgehead atoms. The van der Waals surface area contributed by atoms with Crippen LogP contribution in [-0.4, -0.2) is 15.5 Å². The second-order valence-electron chi connectivity index (χ2n) is 4.45. The zero-order valence-electron chi connectivity index (χ0n) is 11.2. The number of para-hydroxylation sites is 1. The van der Waals surface area contributed by atoms with E-state index in [9.17, 15) is 8.42 Å². The quantitative estimate of drug-likeness (QED) is 0.886. The molecular weight excluding hydrogens is 296 g/mol. The van der Waals surface area contributed by atoms with Gasteiger partial charge in [0.1, 0.15) is 4.90 Å². The van der Waals surface area contributed by atoms with Crippen molar-refractivity contribution >= 4 is 33.0 Å². The standard InChI is InChI=1S/C14H15ClN2O2S/c1-10-8-12(15)14(9-13(10)16)20(18,19)17(2)11-6-4-3-5-7-11/h3-9H,16H2,1-2H3. The summed E-state index contributed by atoms with van der Waals surface area (Å²) in [5, 5.41) is 0.166. The van der Waals surface area contributed by atoms with Gasteiger partial charge in [-0.05, 0) is 36.8 Å². The van der Waals surface area contributed by atoms with Crippen LogP contribution in [0.2, 0.25) is 5.02 Å². The molecule has 20 heavy (non-hydrogen) atoms. The Bertz CT molecular complexity index is 730. The smallest absolute Gasteiger partial charge is 0.265 e. The number of hydrogen-bond acceptors (Lipinski definition) is 3. The van der Waals surface area contributed by atoms with Gasteiger partial charge in [0, 0.05) is 12.7 Å². The Morgan fingerprint density at radius 1 is 1.15 bits per heavy atom. The number of rotatable bonds is 3. The van der Waals surface area contributed by atoms with E-state index in [1.165, 1.54) is 17.4 Å². The molecule has 0 aromatic heterocycles. The summed E-state index contributed by atoms with van der Waals surface area (Å²) in [6, 6.07) is 11.7. The van der Waals surface area contributed by atoms with Crippen molar-refractivity contribution in [2.45, 2.75) is 11.8 Å². The fraction of sp³-hybridized carbons (Fsp3) is 0.143. The third-order valence-corrected chi connectivity index (χ3v) is 5.33. The number of nitrogen functional groups attached to an aromatic ring is 1. The van der Waals surface area contributed by atoms with Gasteiger partial charge >= 0.3 is 0 Å². The first-order chi connectivity index (χ1) is 9.34. The Hall–Kier alpha value is -1.72. The highest BCUT2D eigenvalue weighted by atomic mass is 35.5. The summed E-state index contributed by atoms with van der Waals surface area (Å²) in [6.45, 7) is 1.78. The molecule has 0 amide bonds. The molecule has 0 atom stereocenters. The van der Waals surface area contributed by atoms with E-state index < -0.39 is 10.0 Å². The molecule has 6 heteroatoms. The second-order valence-corrected chi connectivity index (χ2v) is 6.79. The first-order valence-corrected chi connectivity index (χ1v) is 7.75. The lowest BCUT2D eigenvalue weighted by molar-refractivity contribution is 0.594. The van der Waals surface area contributed by atoms with Crippen molar-refractivity contribution in [2.75, 3.05) is 17.1 Å². The molecule has 0 aliphatic heterocycles. The van der Waals surface area contributed by atoms with Crippen LogP contribution >= 0.6 is 11.6 Å². The zero-order valence-corrected chi connectivity index (χ0v) is 12.7. The SMILES string of the molecule is Cc1cc(Cl)c(S(=O)(=O)N(C)c2ccccc2)cc1N. The van der Waals surface area contributed by atoms with E-state index in [-0.39, 0.29) is 9.92 Å². The summed E-state index contributed by atoms with van der Waals surface area (Å²) in [4.78, 5) is 0.00798. The molecule has 0 saturated heterocycles. The van der Waals surface area contributed by atoms with Crippen LogP contribution in [0.25, 0.3) is 0 Å². The Labute approximate surface area is 123 Å². The minimum atomic E-state index is -3.74. The highest BCUT2D eigenvalue weighted by Crippen LogP contribution is 2.30. The minimum absolute atomic E-state index is 0.00798. The van der Waals surface area contributed by atoms with Crippen molar-refractivity contribution in [3.8, 4) is 0 Å². The van der Waals surface area contributed by atoms with Gasteiger partial charge in [-0.25, -0.2) is 8.42 Å². The number of hydrogen-bond donors (Lipinski definition) is 1. The van der Waals surface area contributed by atoms with Crippen molar-refractivity contribution in [1.82, 2.24) is 0 Å². The van der Waals surface area contributed by atoms with Gasteiger partial charge in [-0.3, -0.25) is 4.31 Å². The van der Waals surface area contributed by atoms with Crippen molar-refractivity contribution in [2.24, 2.45) is 0 Å². The van der Waals surface area contributed by atoms with Crippen LogP contribution < -0.4 is 10.0 Å². The van der Waals surface area contributed by atoms with Crippen molar-refractivity contribution in [1.29, 1.82) is 0 Å². The third-order valence-electron chi connectivity index (χ3n) is 3.08. The Morgan fingerprint density at radius 3 is 2.35 bits per heavy atom. The van der Waals surface area contributed by atoms with Crippen molar-refractivity contribution < 1.29 is 8.42 Å². The van der Waals surface area contributed by atoms with E-state index in [1.807, 2.05) is 6.07 Å². The average molecular weight is 311 g/mol. The molecule has 0 saturated carbocycles. The molecule has 0 aliphatic rings. The van der Waals surface area contributed by atoms with Gasteiger partial charge in [0.05, 0.1) is 10.7 Å². The number of sulfonamides is 1. The van der Waals surface area contributed by atoms with Crippen molar-refractivity contribution in [3.05, 3.63) is 53.1 Å². The fourth-order valence-corrected chi connectivity index (χ4v) is 3.58. The zero-order chi connectivity index (χ0) is 14.9. The molecule has 4 nitrogen and oxygen atoms in total. The van der Waals surface area contributed by atoms with Gasteiger partial charge < -0.3 is 5.73 Å². The fourth-order valence-electron chi connectivity index (χ4n) is 1.79. The Balaban J connectivity index is 2.54. The van der Waals surface area contributed by atoms with Crippen LogP contribution in [0.15, 0.2) is 47.4 Å². The van der Waals surface area contributed by atoms with Crippen LogP contribution in [0.5, 0.6) is 0 Å². The molecule has 2 N–H and O–H groups in total. The Kier molecular flexibility index (Phi) is 3.92. The lowest BCUT2D eigenvalue weighted by atomic mass is 10.2. The number of nitrogens with two attached hydrogens (primary N) is 1. The molecule has 2 aromatic carbocycles. The summed E-state index contributed by atoms with van der Waals surface area (Å²) in [7, 11) is -2.26. The summed E-state index contributed by atoms with van der Waals surface area (Å²) in [5.41, 5.74) is 7.49. The number of benzene rings is 2. The summed E-state index contributed by atoms with van der Waals surface area (Å²) >= 11 is 6.06. The van der Waals surface area contributed by atoms with E-state index in [0.29, 0.717) is 11.4 Å². The van der Waals surface area contributed by atoms with Gasteiger partial charge in [-0.1, -0.05) is 29.8 Å². The molecule has 0 unspecified atom stereocenters. The topological polar surface area (TPSA) is 63.4 Å². The minimum Gasteiger partial charge on any atom is -0.398 e. The van der Waals surface area contributed by atoms with Crippen LogP contribution in [0.3, 0.4) is 0 Å². The molecular formula is C14H15ClN2O2S. The predicted octanol–water partition coefficient (Wildman–Crippen LogP) is 3.06. The molecule has 0 radical (unpaired) electrons. The maximum Gasteiger partial charge on any atom is 0.265 e. The molecule has 0 aliphatic carbocycles. The molecule has 0 fully saturated rings. The molecule has 0 heterocycles. The highest BCUT2D eigenvalue weighted by molar-refractivity contribution is 7.93. The van der Waals surface area contributed by atoms with Crippen LogP contribution in [0, 0.1) is 6.92 Å². The number of aryl methyl sites for hydroxylation is 1. The maximum atomic E-state index is 12.6. The van der Waals surface area contributed by atoms with E-state index in [0.717, 1.165) is 5.56 Å². The van der Waals surface area contributed by atoms with E-state index >= 15 is 0 Å². The van der Waals surface area contributed by atoms with E-state index in [2.05, 4.69) is 0 Å². The van der Waals surface area contributed by atoms with Gasteiger partial charge in [0.15, 0.2) is 0 Å². The van der Waals surface area contributed by atoms with Crippen LogP contribution in [0.4, 0.5) is 11.4 Å². The van der Waals surface area contributed by atoms with Gasteiger partial charge in [0.25, 0.3) is 10.0 Å². The third kappa shape index (κ3) is 2.59. The normalized spacial score (nSPS) is 11.3. The predicted molar refractivity (Wildman–Crippen MR) is 82.6 cm³/mol. The Morgan fingerprint density at radius 2 is 1.75 bits per heavy atom. The van der Waals surface area contributed by atoms with Gasteiger partial charge in [-0.2, -0.15) is 0 Å². The van der Waals surface area contributed by atoms with E-state index in [1.54, 1.807) is 37.3 Å². The van der Waals surface area contributed by atoms with Crippen LogP contribution in [0.1, 0.15) is 5.56 Å². The number of nitrogens with zero attached hydrogens (tertiary/aromatic N) is 1. The van der Waals surface area contributed by atoms with Gasteiger partial charge in [-0.15, -0.1) is 0 Å². The monoisotopic (exact) mass is 310 g/mol. The summed E-state index contributed by atoms with van der Waals surface area (Å²) in [6.07, 6.45) is 0.